The Labute approximate surface area is 106 Å². The predicted octanol–water partition coefficient (Wildman–Crippen LogP) is 1.60. The number of hydrogen-bond acceptors (Lipinski definition) is 2. The van der Waals surface area contributed by atoms with Gasteiger partial charge in [-0.1, -0.05) is 0 Å². The average Bonchev–Trinajstić information content (AvgIpc) is 2.71. The van der Waals surface area contributed by atoms with Crippen molar-refractivity contribution in [3.8, 4) is 0 Å². The molecule has 1 aromatic rings. The van der Waals surface area contributed by atoms with E-state index in [1.165, 1.54) is 0 Å². The van der Waals surface area contributed by atoms with Crippen LogP contribution >= 0.6 is 0 Å². The SMILES string of the molecule is O=C(c1cc(F)cc(F)c1)N1CCC(F)(C(=O)O)C1. The van der Waals surface area contributed by atoms with Gasteiger partial charge in [0.05, 0.1) is 6.54 Å². The van der Waals surface area contributed by atoms with Gasteiger partial charge in [0.25, 0.3) is 5.91 Å². The number of benzene rings is 1. The third-order valence-electron chi connectivity index (χ3n) is 3.00. The molecule has 1 aliphatic rings. The molecule has 0 spiro atoms. The highest BCUT2D eigenvalue weighted by atomic mass is 19.1. The Hall–Kier alpha value is -2.05. The van der Waals surface area contributed by atoms with Crippen LogP contribution in [-0.2, 0) is 4.79 Å². The summed E-state index contributed by atoms with van der Waals surface area (Å²) in [5, 5.41) is 8.70. The molecule has 1 amide bonds. The van der Waals surface area contributed by atoms with E-state index < -0.39 is 35.7 Å². The Morgan fingerprint density at radius 2 is 1.79 bits per heavy atom. The lowest BCUT2D eigenvalue weighted by Crippen LogP contribution is -2.38. The molecule has 1 aliphatic heterocycles. The van der Waals surface area contributed by atoms with Crippen molar-refractivity contribution >= 4 is 11.9 Å². The van der Waals surface area contributed by atoms with Crippen LogP contribution in [-0.4, -0.2) is 40.6 Å². The number of carboxylic acid groups (broad SMARTS) is 1. The van der Waals surface area contributed by atoms with Crippen molar-refractivity contribution in [1.29, 1.82) is 0 Å². The normalized spacial score (nSPS) is 22.6. The second kappa shape index (κ2) is 4.56. The summed E-state index contributed by atoms with van der Waals surface area (Å²) in [7, 11) is 0. The van der Waals surface area contributed by atoms with Crippen molar-refractivity contribution in [3.63, 3.8) is 0 Å². The van der Waals surface area contributed by atoms with Gasteiger partial charge >= 0.3 is 5.97 Å². The van der Waals surface area contributed by atoms with E-state index in [2.05, 4.69) is 0 Å². The van der Waals surface area contributed by atoms with Gasteiger partial charge in [-0.3, -0.25) is 4.79 Å². The van der Waals surface area contributed by atoms with Crippen LogP contribution in [0.15, 0.2) is 18.2 Å². The maximum absolute atomic E-state index is 13.8. The number of hydrogen-bond donors (Lipinski definition) is 1. The van der Waals surface area contributed by atoms with Crippen LogP contribution in [0.25, 0.3) is 0 Å². The van der Waals surface area contributed by atoms with E-state index in [1.54, 1.807) is 0 Å². The van der Waals surface area contributed by atoms with Gasteiger partial charge in [0.15, 0.2) is 0 Å². The predicted molar refractivity (Wildman–Crippen MR) is 58.4 cm³/mol. The summed E-state index contributed by atoms with van der Waals surface area (Å²) in [5.74, 6) is -4.29. The second-order valence-corrected chi connectivity index (χ2v) is 4.41. The molecule has 0 saturated carbocycles. The molecule has 0 aliphatic carbocycles. The van der Waals surface area contributed by atoms with Crippen LogP contribution in [0.1, 0.15) is 16.8 Å². The first-order valence-electron chi connectivity index (χ1n) is 5.49. The minimum absolute atomic E-state index is 0.111. The number of nitrogens with zero attached hydrogens (tertiary/aromatic N) is 1. The number of carbonyl (C=O) groups is 2. The highest BCUT2D eigenvalue weighted by Crippen LogP contribution is 2.27. The van der Waals surface area contributed by atoms with Crippen LogP contribution in [0.3, 0.4) is 0 Å². The van der Waals surface area contributed by atoms with Gasteiger partial charge in [-0.15, -0.1) is 0 Å². The largest absolute Gasteiger partial charge is 0.479 e. The van der Waals surface area contributed by atoms with E-state index >= 15 is 0 Å². The maximum atomic E-state index is 13.8. The second-order valence-electron chi connectivity index (χ2n) is 4.41. The zero-order chi connectivity index (χ0) is 14.2. The quantitative estimate of drug-likeness (QED) is 0.890. The zero-order valence-corrected chi connectivity index (χ0v) is 9.70. The lowest BCUT2D eigenvalue weighted by atomic mass is 10.1. The Balaban J connectivity index is 2.20. The lowest BCUT2D eigenvalue weighted by Gasteiger charge is -2.17. The van der Waals surface area contributed by atoms with Gasteiger partial charge in [0.2, 0.25) is 5.67 Å². The van der Waals surface area contributed by atoms with E-state index in [9.17, 15) is 22.8 Å². The van der Waals surface area contributed by atoms with E-state index in [1.807, 2.05) is 0 Å². The summed E-state index contributed by atoms with van der Waals surface area (Å²) >= 11 is 0. The minimum Gasteiger partial charge on any atom is -0.479 e. The minimum atomic E-state index is -2.50. The Bertz CT molecular complexity index is 529. The number of alkyl halides is 1. The number of carbonyl (C=O) groups excluding carboxylic acids is 1. The van der Waals surface area contributed by atoms with Crippen molar-refractivity contribution in [3.05, 3.63) is 35.4 Å². The monoisotopic (exact) mass is 273 g/mol. The van der Waals surface area contributed by atoms with Crippen LogP contribution in [0, 0.1) is 11.6 Å². The van der Waals surface area contributed by atoms with Gasteiger partial charge in [-0.05, 0) is 12.1 Å². The van der Waals surface area contributed by atoms with Crippen molar-refractivity contribution < 1.29 is 27.9 Å². The number of amides is 1. The van der Waals surface area contributed by atoms with Gasteiger partial charge in [0.1, 0.15) is 11.6 Å². The van der Waals surface area contributed by atoms with Gasteiger partial charge in [-0.2, -0.15) is 0 Å². The van der Waals surface area contributed by atoms with Crippen LogP contribution < -0.4 is 0 Å². The van der Waals surface area contributed by atoms with Gasteiger partial charge in [0, 0.05) is 24.6 Å². The van der Waals surface area contributed by atoms with Crippen molar-refractivity contribution in [2.75, 3.05) is 13.1 Å². The molecule has 0 aromatic heterocycles. The third kappa shape index (κ3) is 2.54. The topological polar surface area (TPSA) is 57.6 Å². The molecule has 0 bridgehead atoms. The maximum Gasteiger partial charge on any atom is 0.343 e. The standard InChI is InChI=1S/C12H10F3NO3/c13-8-3-7(4-9(14)5-8)10(17)16-2-1-12(15,6-16)11(18)19/h3-5H,1-2,6H2,(H,18,19). The molecule has 1 saturated heterocycles. The molecular weight excluding hydrogens is 263 g/mol. The zero-order valence-electron chi connectivity index (χ0n) is 9.70. The average molecular weight is 273 g/mol. The Morgan fingerprint density at radius 1 is 1.21 bits per heavy atom. The molecular formula is C12H10F3NO3. The van der Waals surface area contributed by atoms with E-state index in [0.717, 1.165) is 17.0 Å². The summed E-state index contributed by atoms with van der Waals surface area (Å²) < 4.78 is 39.7. The van der Waals surface area contributed by atoms with Crippen LogP contribution in [0.5, 0.6) is 0 Å². The van der Waals surface area contributed by atoms with E-state index in [-0.39, 0.29) is 18.5 Å². The number of likely N-dealkylation sites (tertiary alicyclic amines) is 1. The first kappa shape index (κ1) is 13.4. The van der Waals surface area contributed by atoms with Crippen molar-refractivity contribution in [2.24, 2.45) is 0 Å². The van der Waals surface area contributed by atoms with Crippen molar-refractivity contribution in [1.82, 2.24) is 4.90 Å². The molecule has 1 N–H and O–H groups in total. The van der Waals surface area contributed by atoms with E-state index in [4.69, 9.17) is 5.11 Å². The molecule has 0 radical (unpaired) electrons. The third-order valence-corrected chi connectivity index (χ3v) is 3.00. The van der Waals surface area contributed by atoms with Gasteiger partial charge in [-0.25, -0.2) is 18.0 Å². The summed E-state index contributed by atoms with van der Waals surface area (Å²) in [4.78, 5) is 23.5. The summed E-state index contributed by atoms with van der Waals surface area (Å²) in [6, 6.07) is 2.26. The molecule has 1 heterocycles. The summed E-state index contributed by atoms with van der Waals surface area (Å²) in [6.07, 6.45) is -0.341. The molecule has 19 heavy (non-hydrogen) atoms. The molecule has 1 unspecified atom stereocenters. The van der Waals surface area contributed by atoms with Crippen molar-refractivity contribution in [2.45, 2.75) is 12.1 Å². The molecule has 102 valence electrons. The first-order chi connectivity index (χ1) is 8.82. The molecule has 2 rings (SSSR count). The number of halogens is 3. The lowest BCUT2D eigenvalue weighted by molar-refractivity contribution is -0.149. The number of rotatable bonds is 2. The van der Waals surface area contributed by atoms with Crippen LogP contribution in [0.4, 0.5) is 13.2 Å². The number of carboxylic acids is 1. The molecule has 4 nitrogen and oxygen atoms in total. The number of aliphatic carboxylic acids is 1. The fraction of sp³-hybridized carbons (Fsp3) is 0.333. The highest BCUT2D eigenvalue weighted by Gasteiger charge is 2.47. The fourth-order valence-electron chi connectivity index (χ4n) is 1.98. The summed E-state index contributed by atoms with van der Waals surface area (Å²) in [5.41, 5.74) is -2.77. The first-order valence-corrected chi connectivity index (χ1v) is 5.49. The molecule has 1 aromatic carbocycles. The van der Waals surface area contributed by atoms with E-state index in [0.29, 0.717) is 6.07 Å². The fourth-order valence-corrected chi connectivity index (χ4v) is 1.98. The Morgan fingerprint density at radius 3 is 2.26 bits per heavy atom. The smallest absolute Gasteiger partial charge is 0.343 e. The Kier molecular flexibility index (Phi) is 3.21. The highest BCUT2D eigenvalue weighted by molar-refractivity contribution is 5.95. The molecule has 1 fully saturated rings. The summed E-state index contributed by atoms with van der Waals surface area (Å²) in [6.45, 7) is -0.737. The van der Waals surface area contributed by atoms with Crippen LogP contribution in [0.2, 0.25) is 0 Å². The molecule has 1 atom stereocenters. The van der Waals surface area contributed by atoms with Gasteiger partial charge < -0.3 is 10.0 Å². The molecule has 7 heteroatoms.